The van der Waals surface area contributed by atoms with Crippen LogP contribution < -0.4 is 11.1 Å². The van der Waals surface area contributed by atoms with Crippen LogP contribution in [0.3, 0.4) is 0 Å². The highest BCUT2D eigenvalue weighted by atomic mass is 16.1. The molecule has 3 rings (SSSR count). The molecule has 4 nitrogen and oxygen atoms in total. The lowest BCUT2D eigenvalue weighted by Crippen LogP contribution is -2.24. The molecule has 2 aromatic rings. The second kappa shape index (κ2) is 4.96. The van der Waals surface area contributed by atoms with Crippen LogP contribution in [0.2, 0.25) is 0 Å². The predicted molar refractivity (Wildman–Crippen MR) is 79.4 cm³/mol. The first-order valence-corrected chi connectivity index (χ1v) is 6.73. The highest BCUT2D eigenvalue weighted by Crippen LogP contribution is 2.29. The summed E-state index contributed by atoms with van der Waals surface area (Å²) in [5.74, 6) is 0.641. The molecule has 0 spiro atoms. The summed E-state index contributed by atoms with van der Waals surface area (Å²) in [6, 6.07) is 9.67. The smallest absolute Gasteiger partial charge is 0.229 e. The molecule has 1 aromatic carbocycles. The molecule has 0 fully saturated rings. The Kier molecular flexibility index (Phi) is 3.14. The molecule has 3 N–H and O–H groups in total. The van der Waals surface area contributed by atoms with Crippen LogP contribution in [0.1, 0.15) is 16.7 Å². The van der Waals surface area contributed by atoms with Crippen LogP contribution in [-0.4, -0.2) is 10.9 Å². The van der Waals surface area contributed by atoms with Gasteiger partial charge in [0.1, 0.15) is 5.82 Å². The first-order valence-electron chi connectivity index (χ1n) is 6.73. The van der Waals surface area contributed by atoms with Gasteiger partial charge in [-0.2, -0.15) is 0 Å². The number of nitrogens with zero attached hydrogens (tertiary/aromatic N) is 1. The summed E-state index contributed by atoms with van der Waals surface area (Å²) in [5, 5.41) is 2.92. The third kappa shape index (κ3) is 2.37. The van der Waals surface area contributed by atoms with Gasteiger partial charge in [0.05, 0.1) is 0 Å². The molecule has 1 aliphatic rings. The lowest BCUT2D eigenvalue weighted by atomic mass is 10.1. The van der Waals surface area contributed by atoms with Crippen LogP contribution in [-0.2, 0) is 17.6 Å². The zero-order valence-electron chi connectivity index (χ0n) is 11.4. The topological polar surface area (TPSA) is 68.0 Å². The van der Waals surface area contributed by atoms with Crippen molar-refractivity contribution in [2.24, 2.45) is 5.92 Å². The number of rotatable bonds is 2. The highest BCUT2D eigenvalue weighted by molar-refractivity contribution is 5.93. The fourth-order valence-corrected chi connectivity index (χ4v) is 2.66. The summed E-state index contributed by atoms with van der Waals surface area (Å²) in [5.41, 5.74) is 9.92. The fourth-order valence-electron chi connectivity index (χ4n) is 2.66. The van der Waals surface area contributed by atoms with Crippen molar-refractivity contribution in [3.05, 3.63) is 53.2 Å². The predicted octanol–water partition coefficient (Wildman–Crippen LogP) is 2.33. The van der Waals surface area contributed by atoms with Crippen LogP contribution in [0.4, 0.5) is 11.5 Å². The van der Waals surface area contributed by atoms with E-state index in [0.717, 1.165) is 24.1 Å². The Morgan fingerprint density at radius 2 is 2.10 bits per heavy atom. The quantitative estimate of drug-likeness (QED) is 0.820. The number of aromatic nitrogens is 1. The summed E-state index contributed by atoms with van der Waals surface area (Å²) in [6.07, 6.45) is 3.21. The highest BCUT2D eigenvalue weighted by Gasteiger charge is 2.27. The van der Waals surface area contributed by atoms with Crippen molar-refractivity contribution in [2.75, 3.05) is 11.1 Å². The Balaban J connectivity index is 1.73. The van der Waals surface area contributed by atoms with E-state index in [2.05, 4.69) is 10.3 Å². The van der Waals surface area contributed by atoms with Crippen molar-refractivity contribution >= 4 is 17.4 Å². The second-order valence-corrected chi connectivity index (χ2v) is 5.29. The molecule has 0 aliphatic heterocycles. The lowest BCUT2D eigenvalue weighted by Gasteiger charge is -2.11. The van der Waals surface area contributed by atoms with Gasteiger partial charge in [0.2, 0.25) is 5.91 Å². The van der Waals surface area contributed by atoms with Crippen LogP contribution in [0.15, 0.2) is 36.5 Å². The molecule has 1 aromatic heterocycles. The molecular weight excluding hydrogens is 250 g/mol. The minimum Gasteiger partial charge on any atom is -0.399 e. The molecule has 1 amide bonds. The number of amides is 1. The van der Waals surface area contributed by atoms with Gasteiger partial charge < -0.3 is 11.1 Å². The van der Waals surface area contributed by atoms with Crippen molar-refractivity contribution < 1.29 is 4.79 Å². The molecule has 0 radical (unpaired) electrons. The molecular formula is C16H17N3O. The number of carbonyl (C=O) groups is 1. The Hall–Kier alpha value is -2.36. The summed E-state index contributed by atoms with van der Waals surface area (Å²) in [7, 11) is 0. The molecule has 0 unspecified atom stereocenters. The number of fused-ring (bicyclic) bond motifs is 1. The van der Waals surface area contributed by atoms with Crippen molar-refractivity contribution in [3.63, 3.8) is 0 Å². The normalized spacial score (nSPS) is 16.8. The van der Waals surface area contributed by atoms with E-state index < -0.39 is 0 Å². The van der Waals surface area contributed by atoms with Gasteiger partial charge >= 0.3 is 0 Å². The van der Waals surface area contributed by atoms with E-state index in [1.807, 2.05) is 37.3 Å². The summed E-state index contributed by atoms with van der Waals surface area (Å²) < 4.78 is 0. The number of pyridine rings is 1. The Labute approximate surface area is 118 Å². The largest absolute Gasteiger partial charge is 0.399 e. The third-order valence-corrected chi connectivity index (χ3v) is 3.78. The van der Waals surface area contributed by atoms with E-state index in [-0.39, 0.29) is 11.8 Å². The lowest BCUT2D eigenvalue weighted by molar-refractivity contribution is -0.119. The van der Waals surface area contributed by atoms with Gasteiger partial charge in [0, 0.05) is 17.8 Å². The van der Waals surface area contributed by atoms with Gasteiger partial charge in [-0.15, -0.1) is 0 Å². The average molecular weight is 267 g/mol. The zero-order chi connectivity index (χ0) is 14.1. The molecule has 20 heavy (non-hydrogen) atoms. The van der Waals surface area contributed by atoms with Crippen molar-refractivity contribution in [1.29, 1.82) is 0 Å². The Bertz CT molecular complexity index is 667. The number of nitrogens with two attached hydrogens (primary N) is 1. The standard InChI is InChI=1S/C16H17N3O/c1-10-3-2-6-18-15(10)19-16(20)13-7-11-4-5-14(17)9-12(11)8-13/h2-6,9,13H,7-8,17H2,1H3,(H,18,19,20)/t13-/m1/s1. The monoisotopic (exact) mass is 267 g/mol. The maximum atomic E-state index is 12.3. The molecule has 4 heteroatoms. The first-order chi connectivity index (χ1) is 9.63. The Morgan fingerprint density at radius 3 is 2.90 bits per heavy atom. The van der Waals surface area contributed by atoms with E-state index >= 15 is 0 Å². The molecule has 0 bridgehead atoms. The Morgan fingerprint density at radius 1 is 1.30 bits per heavy atom. The van der Waals surface area contributed by atoms with E-state index in [1.165, 1.54) is 11.1 Å². The second-order valence-electron chi connectivity index (χ2n) is 5.29. The van der Waals surface area contributed by atoms with Gasteiger partial charge in [0.15, 0.2) is 0 Å². The minimum absolute atomic E-state index is 0.0292. The van der Waals surface area contributed by atoms with Crippen LogP contribution in [0.25, 0.3) is 0 Å². The average Bonchev–Trinajstić information content (AvgIpc) is 2.84. The van der Waals surface area contributed by atoms with E-state index in [0.29, 0.717) is 5.82 Å². The molecule has 1 atom stereocenters. The number of hydrogen-bond donors (Lipinski definition) is 2. The number of nitrogen functional groups attached to an aromatic ring is 1. The van der Waals surface area contributed by atoms with Crippen molar-refractivity contribution in [1.82, 2.24) is 4.98 Å². The third-order valence-electron chi connectivity index (χ3n) is 3.78. The molecule has 1 heterocycles. The van der Waals surface area contributed by atoms with Crippen molar-refractivity contribution in [2.45, 2.75) is 19.8 Å². The number of aryl methyl sites for hydroxylation is 1. The maximum Gasteiger partial charge on any atom is 0.229 e. The SMILES string of the molecule is Cc1cccnc1NC(=O)[C@@H]1Cc2ccc(N)cc2C1. The number of benzene rings is 1. The van der Waals surface area contributed by atoms with E-state index in [4.69, 9.17) is 5.73 Å². The fraction of sp³-hybridized carbons (Fsp3) is 0.250. The summed E-state index contributed by atoms with van der Waals surface area (Å²) in [6.45, 7) is 1.94. The maximum absolute atomic E-state index is 12.3. The molecule has 102 valence electrons. The number of hydrogen-bond acceptors (Lipinski definition) is 3. The van der Waals surface area contributed by atoms with Gasteiger partial charge in [-0.1, -0.05) is 12.1 Å². The summed E-state index contributed by atoms with van der Waals surface area (Å²) >= 11 is 0. The number of carbonyl (C=O) groups excluding carboxylic acids is 1. The number of anilines is 2. The zero-order valence-corrected chi connectivity index (χ0v) is 11.4. The van der Waals surface area contributed by atoms with Crippen molar-refractivity contribution in [3.8, 4) is 0 Å². The molecule has 1 aliphatic carbocycles. The van der Waals surface area contributed by atoms with Crippen LogP contribution in [0, 0.1) is 12.8 Å². The van der Waals surface area contributed by atoms with Gasteiger partial charge in [-0.05, 0) is 54.7 Å². The number of nitrogens with one attached hydrogen (secondary N) is 1. The van der Waals surface area contributed by atoms with Gasteiger partial charge in [0.25, 0.3) is 0 Å². The minimum atomic E-state index is -0.0341. The van der Waals surface area contributed by atoms with Gasteiger partial charge in [-0.25, -0.2) is 4.98 Å². The van der Waals surface area contributed by atoms with Crippen LogP contribution >= 0.6 is 0 Å². The van der Waals surface area contributed by atoms with E-state index in [1.54, 1.807) is 6.20 Å². The van der Waals surface area contributed by atoms with Crippen LogP contribution in [0.5, 0.6) is 0 Å². The first kappa shape index (κ1) is 12.7. The molecule has 0 saturated carbocycles. The van der Waals surface area contributed by atoms with Gasteiger partial charge in [-0.3, -0.25) is 4.79 Å². The summed E-state index contributed by atoms with van der Waals surface area (Å²) in [4.78, 5) is 16.5. The molecule has 0 saturated heterocycles. The van der Waals surface area contributed by atoms with E-state index in [9.17, 15) is 4.79 Å².